The molecule has 2 aromatic rings. The van der Waals surface area contributed by atoms with Crippen molar-refractivity contribution in [1.29, 1.82) is 0 Å². The molecule has 0 aliphatic rings. The van der Waals surface area contributed by atoms with Gasteiger partial charge in [-0.05, 0) is 43.0 Å². The Morgan fingerprint density at radius 1 is 0.889 bits per heavy atom. The summed E-state index contributed by atoms with van der Waals surface area (Å²) in [6.07, 6.45) is 0. The van der Waals surface area contributed by atoms with E-state index in [0.717, 1.165) is 30.2 Å². The molecule has 0 bridgehead atoms. The minimum atomic E-state index is 0.180. The topological polar surface area (TPSA) is 23.1 Å². The highest BCUT2D eigenvalue weighted by molar-refractivity contribution is 7.49. The lowest BCUT2D eigenvalue weighted by molar-refractivity contribution is -0.207. The number of benzene rings is 2. The van der Waals surface area contributed by atoms with E-state index in [0.29, 0.717) is 0 Å². The van der Waals surface area contributed by atoms with Gasteiger partial charge < -0.3 is 5.11 Å². The van der Waals surface area contributed by atoms with E-state index in [1.807, 2.05) is 57.2 Å². The van der Waals surface area contributed by atoms with Crippen LogP contribution in [0.1, 0.15) is 22.3 Å². The predicted molar refractivity (Wildman–Crippen MR) is 77.8 cm³/mol. The van der Waals surface area contributed by atoms with Gasteiger partial charge in [0.2, 0.25) is 0 Å². The molecule has 2 rings (SSSR count). The van der Waals surface area contributed by atoms with Crippen LogP contribution >= 0.6 is 8.20 Å². The van der Waals surface area contributed by atoms with Crippen molar-refractivity contribution < 1.29 is 5.11 Å². The van der Waals surface area contributed by atoms with Crippen molar-refractivity contribution in [2.45, 2.75) is 20.8 Å². The van der Waals surface area contributed by atoms with Crippen LogP contribution < -0.4 is 10.4 Å². The first-order chi connectivity index (χ1) is 8.59. The molecule has 2 heteroatoms. The van der Waals surface area contributed by atoms with Gasteiger partial charge in [-0.2, -0.15) is 0 Å². The fourth-order valence-corrected chi connectivity index (χ4v) is 2.97. The van der Waals surface area contributed by atoms with Crippen molar-refractivity contribution in [2.24, 2.45) is 0 Å². The zero-order valence-corrected chi connectivity index (χ0v) is 11.8. The molecule has 18 heavy (non-hydrogen) atoms. The van der Waals surface area contributed by atoms with E-state index in [1.165, 1.54) is 5.56 Å². The highest BCUT2D eigenvalue weighted by Gasteiger charge is 2.03. The third kappa shape index (κ3) is 2.69. The van der Waals surface area contributed by atoms with Crippen molar-refractivity contribution in [3.8, 4) is 0 Å². The highest BCUT2D eigenvalue weighted by Crippen LogP contribution is 2.19. The Bertz CT molecular complexity index is 586. The van der Waals surface area contributed by atoms with E-state index in [4.69, 9.17) is 0 Å². The van der Waals surface area contributed by atoms with Gasteiger partial charge in [0.15, 0.2) is 0 Å². The van der Waals surface area contributed by atoms with Gasteiger partial charge in [-0.15, -0.1) is 5.48 Å². The SMILES string of the molecule is Cc1ccc(C)c(C([O-])=Pc2ccccc2)c1C. The lowest BCUT2D eigenvalue weighted by Crippen LogP contribution is -2.20. The first kappa shape index (κ1) is 13.0. The summed E-state index contributed by atoms with van der Waals surface area (Å²) in [4.78, 5) is 0. The second kappa shape index (κ2) is 5.48. The van der Waals surface area contributed by atoms with Crippen molar-refractivity contribution >= 4 is 19.0 Å². The zero-order chi connectivity index (χ0) is 13.1. The normalized spacial score (nSPS) is 11.7. The summed E-state index contributed by atoms with van der Waals surface area (Å²) in [6.45, 7) is 6.07. The van der Waals surface area contributed by atoms with Crippen LogP contribution in [0, 0.1) is 20.8 Å². The summed E-state index contributed by atoms with van der Waals surface area (Å²) in [5.74, 6) is 0. The maximum atomic E-state index is 12.4. The second-order valence-electron chi connectivity index (χ2n) is 4.45. The molecule has 0 spiro atoms. The fraction of sp³-hybridized carbons (Fsp3) is 0.188. The Morgan fingerprint density at radius 3 is 2.17 bits per heavy atom. The van der Waals surface area contributed by atoms with E-state index in [9.17, 15) is 5.11 Å². The van der Waals surface area contributed by atoms with E-state index in [-0.39, 0.29) is 5.48 Å². The van der Waals surface area contributed by atoms with Crippen LogP contribution in [0.15, 0.2) is 42.5 Å². The van der Waals surface area contributed by atoms with E-state index in [1.54, 1.807) is 0 Å². The zero-order valence-electron chi connectivity index (χ0n) is 10.9. The third-order valence-corrected chi connectivity index (χ3v) is 4.13. The summed E-state index contributed by atoms with van der Waals surface area (Å²) < 4.78 is 0. The van der Waals surface area contributed by atoms with Crippen molar-refractivity contribution in [2.75, 3.05) is 0 Å². The van der Waals surface area contributed by atoms with Gasteiger partial charge in [0, 0.05) is 5.30 Å². The summed E-state index contributed by atoms with van der Waals surface area (Å²) in [7, 11) is 0.750. The van der Waals surface area contributed by atoms with Crippen LogP contribution in [-0.4, -0.2) is 5.48 Å². The van der Waals surface area contributed by atoms with Crippen molar-refractivity contribution in [3.63, 3.8) is 0 Å². The monoisotopic (exact) mass is 255 g/mol. The first-order valence-corrected chi connectivity index (χ1v) is 6.87. The van der Waals surface area contributed by atoms with Crippen molar-refractivity contribution in [1.82, 2.24) is 0 Å². The van der Waals surface area contributed by atoms with Gasteiger partial charge in [-0.25, -0.2) is 0 Å². The average molecular weight is 255 g/mol. The van der Waals surface area contributed by atoms with Gasteiger partial charge >= 0.3 is 0 Å². The molecule has 0 aliphatic heterocycles. The summed E-state index contributed by atoms with van der Waals surface area (Å²) in [5.41, 5.74) is 4.39. The standard InChI is InChI=1S/C16H17OP/c1-11-9-10-12(2)15(13(11)3)16(17)18-14-7-5-4-6-8-14/h4-10,17H,1-3H3/p-1. The number of aryl methyl sites for hydroxylation is 2. The van der Waals surface area contributed by atoms with E-state index < -0.39 is 0 Å². The number of hydrogen-bond acceptors (Lipinski definition) is 1. The molecule has 0 fully saturated rings. The molecule has 2 aromatic carbocycles. The maximum absolute atomic E-state index is 12.4. The van der Waals surface area contributed by atoms with Crippen LogP contribution in [0.5, 0.6) is 0 Å². The molecule has 0 saturated carbocycles. The molecule has 0 aromatic heterocycles. The quantitative estimate of drug-likeness (QED) is 0.757. The Labute approximate surface area is 110 Å². The molecule has 0 amide bonds. The fourth-order valence-electron chi connectivity index (χ4n) is 1.96. The number of hydrogen-bond donors (Lipinski definition) is 0. The van der Waals surface area contributed by atoms with E-state index in [2.05, 4.69) is 6.07 Å². The Morgan fingerprint density at radius 2 is 1.50 bits per heavy atom. The summed E-state index contributed by atoms with van der Waals surface area (Å²) in [6, 6.07) is 14.0. The smallest absolute Gasteiger partial charge is 0.000806 e. The Balaban J connectivity index is 2.50. The minimum Gasteiger partial charge on any atom is -0.823 e. The molecule has 0 unspecified atom stereocenters. The second-order valence-corrected chi connectivity index (χ2v) is 5.60. The molecule has 0 heterocycles. The molecule has 0 atom stereocenters. The molecule has 0 aliphatic carbocycles. The maximum Gasteiger partial charge on any atom is 0.000806 e. The van der Waals surface area contributed by atoms with Crippen LogP contribution in [0.4, 0.5) is 0 Å². The van der Waals surface area contributed by atoms with Gasteiger partial charge in [0.1, 0.15) is 0 Å². The summed E-state index contributed by atoms with van der Waals surface area (Å²) >= 11 is 0. The minimum absolute atomic E-state index is 0.180. The molecule has 1 nitrogen and oxygen atoms in total. The van der Waals surface area contributed by atoms with Crippen LogP contribution in [-0.2, 0) is 0 Å². The summed E-state index contributed by atoms with van der Waals surface area (Å²) in [5, 5.41) is 13.4. The largest absolute Gasteiger partial charge is 0.823 e. The highest BCUT2D eigenvalue weighted by atomic mass is 31.1. The Kier molecular flexibility index (Phi) is 3.96. The molecule has 0 saturated heterocycles. The molecular weight excluding hydrogens is 239 g/mol. The lowest BCUT2D eigenvalue weighted by atomic mass is 9.99. The van der Waals surface area contributed by atoms with Gasteiger partial charge in [-0.1, -0.05) is 50.7 Å². The average Bonchev–Trinajstić information content (AvgIpc) is 2.36. The van der Waals surface area contributed by atoms with Crippen molar-refractivity contribution in [3.05, 3.63) is 64.7 Å². The van der Waals surface area contributed by atoms with Crippen LogP contribution in [0.25, 0.3) is 0 Å². The predicted octanol–water partition coefficient (Wildman–Crippen LogP) is 2.72. The van der Waals surface area contributed by atoms with Gasteiger partial charge in [0.05, 0.1) is 0 Å². The molecule has 0 N–H and O–H groups in total. The first-order valence-electron chi connectivity index (χ1n) is 5.97. The van der Waals surface area contributed by atoms with Gasteiger partial charge in [0.25, 0.3) is 0 Å². The molecular formula is C16H16OP-. The lowest BCUT2D eigenvalue weighted by Gasteiger charge is -2.19. The van der Waals surface area contributed by atoms with Crippen LogP contribution in [0.3, 0.4) is 0 Å². The third-order valence-electron chi connectivity index (χ3n) is 3.14. The molecule has 92 valence electrons. The number of rotatable bonds is 2. The Hall–Kier alpha value is -1.43. The van der Waals surface area contributed by atoms with E-state index >= 15 is 0 Å². The van der Waals surface area contributed by atoms with Crippen LogP contribution in [0.2, 0.25) is 0 Å². The van der Waals surface area contributed by atoms with Gasteiger partial charge in [-0.3, -0.25) is 0 Å². The molecule has 0 radical (unpaired) electrons.